The van der Waals surface area contributed by atoms with Gasteiger partial charge in [-0.15, -0.1) is 0 Å². The van der Waals surface area contributed by atoms with Gasteiger partial charge in [-0.05, 0) is 25.0 Å². The molecule has 1 amide bonds. The second-order valence-corrected chi connectivity index (χ2v) is 8.00. The van der Waals surface area contributed by atoms with E-state index in [1.807, 2.05) is 0 Å². The van der Waals surface area contributed by atoms with Crippen LogP contribution in [0.4, 0.5) is 5.82 Å². The number of halogens is 1. The molecule has 1 aromatic heterocycles. The van der Waals surface area contributed by atoms with E-state index in [2.05, 4.69) is 9.82 Å². The topological polar surface area (TPSA) is 93.5 Å². The molecule has 1 atom stereocenters. The predicted molar refractivity (Wildman–Crippen MR) is 96.9 cm³/mol. The largest absolute Gasteiger partial charge is 0.497 e. The van der Waals surface area contributed by atoms with E-state index in [0.717, 1.165) is 0 Å². The number of nitrogens with one attached hydrogen (secondary N) is 1. The highest BCUT2D eigenvalue weighted by Gasteiger charge is 2.34. The molecule has 0 saturated carbocycles. The van der Waals surface area contributed by atoms with Gasteiger partial charge < -0.3 is 4.74 Å². The van der Waals surface area contributed by atoms with Gasteiger partial charge in [0, 0.05) is 25.7 Å². The molecule has 0 unspecified atom stereocenters. The van der Waals surface area contributed by atoms with Crippen LogP contribution in [-0.2, 0) is 21.9 Å². The fourth-order valence-corrected chi connectivity index (χ4v) is 4.65. The number of hydrogen-bond acceptors (Lipinski definition) is 5. The normalized spacial score (nSPS) is 18.2. The number of carbonyl (C=O) groups is 1. The van der Waals surface area contributed by atoms with Crippen molar-refractivity contribution in [3.8, 4) is 5.75 Å². The number of sulfonamides is 1. The van der Waals surface area contributed by atoms with Crippen LogP contribution in [0.25, 0.3) is 0 Å². The van der Waals surface area contributed by atoms with Crippen molar-refractivity contribution >= 4 is 33.3 Å². The fraction of sp³-hybridized carbons (Fsp3) is 0.375. The lowest BCUT2D eigenvalue weighted by Crippen LogP contribution is -2.52. The number of carbonyl (C=O) groups excluding carboxylic acids is 1. The summed E-state index contributed by atoms with van der Waals surface area (Å²) in [5.74, 6) is 0.669. The van der Waals surface area contributed by atoms with E-state index in [1.54, 1.807) is 30.1 Å². The van der Waals surface area contributed by atoms with Crippen molar-refractivity contribution in [1.29, 1.82) is 0 Å². The Kier molecular flexibility index (Phi) is 5.22. The molecular weight excluding hydrogens is 380 g/mol. The van der Waals surface area contributed by atoms with Crippen LogP contribution >= 0.6 is 11.6 Å². The van der Waals surface area contributed by atoms with Crippen LogP contribution in [0.15, 0.2) is 35.4 Å². The molecule has 2 heterocycles. The van der Waals surface area contributed by atoms with E-state index in [4.69, 9.17) is 16.3 Å². The van der Waals surface area contributed by atoms with Gasteiger partial charge in [-0.25, -0.2) is 8.42 Å². The van der Waals surface area contributed by atoms with Gasteiger partial charge in [-0.1, -0.05) is 11.6 Å². The maximum Gasteiger partial charge on any atom is 0.246 e. The van der Waals surface area contributed by atoms with Crippen LogP contribution in [0, 0.1) is 0 Å². The first-order valence-electron chi connectivity index (χ1n) is 7.99. The molecule has 3 rings (SSSR count). The monoisotopic (exact) mass is 398 g/mol. The summed E-state index contributed by atoms with van der Waals surface area (Å²) < 4.78 is 34.6. The van der Waals surface area contributed by atoms with Crippen LogP contribution in [0.5, 0.6) is 5.75 Å². The summed E-state index contributed by atoms with van der Waals surface area (Å²) in [6.07, 6.45) is 2.66. The molecule has 0 spiro atoms. The van der Waals surface area contributed by atoms with E-state index in [0.29, 0.717) is 31.0 Å². The maximum atomic E-state index is 12.8. The lowest BCUT2D eigenvalue weighted by Gasteiger charge is -2.32. The minimum atomic E-state index is -3.99. The molecule has 0 bridgehead atoms. The quantitative estimate of drug-likeness (QED) is 0.824. The van der Waals surface area contributed by atoms with Gasteiger partial charge in [0.2, 0.25) is 15.9 Å². The summed E-state index contributed by atoms with van der Waals surface area (Å²) in [5, 5.41) is 4.12. The zero-order valence-electron chi connectivity index (χ0n) is 14.3. The van der Waals surface area contributed by atoms with Crippen molar-refractivity contribution in [2.24, 2.45) is 7.05 Å². The molecule has 1 saturated heterocycles. The van der Waals surface area contributed by atoms with Crippen molar-refractivity contribution < 1.29 is 17.9 Å². The number of methoxy groups -OCH3 is 1. The second-order valence-electron chi connectivity index (χ2n) is 5.92. The molecule has 10 heteroatoms. The molecule has 1 aliphatic rings. The minimum absolute atomic E-state index is 0.0602. The van der Waals surface area contributed by atoms with Crippen LogP contribution in [0.3, 0.4) is 0 Å². The Bertz CT molecular complexity index is 928. The molecule has 1 aliphatic heterocycles. The van der Waals surface area contributed by atoms with E-state index >= 15 is 0 Å². The number of benzene rings is 1. The predicted octanol–water partition coefficient (Wildman–Crippen LogP) is 1.56. The zero-order valence-corrected chi connectivity index (χ0v) is 15.9. The van der Waals surface area contributed by atoms with Gasteiger partial charge in [0.1, 0.15) is 22.5 Å². The van der Waals surface area contributed by atoms with Crippen LogP contribution in [0.1, 0.15) is 12.8 Å². The molecule has 26 heavy (non-hydrogen) atoms. The number of hydrogen-bond donors (Lipinski definition) is 1. The second kappa shape index (κ2) is 7.26. The Morgan fingerprint density at radius 1 is 1.35 bits per heavy atom. The molecule has 2 aromatic rings. The smallest absolute Gasteiger partial charge is 0.246 e. The number of ether oxygens (including phenoxy) is 1. The summed E-state index contributed by atoms with van der Waals surface area (Å²) >= 11 is 6.04. The highest BCUT2D eigenvalue weighted by molar-refractivity contribution is 7.89. The van der Waals surface area contributed by atoms with Crippen molar-refractivity contribution in [2.75, 3.05) is 18.6 Å². The van der Waals surface area contributed by atoms with Crippen molar-refractivity contribution in [1.82, 2.24) is 14.5 Å². The third-order valence-electron chi connectivity index (χ3n) is 4.24. The summed E-state index contributed by atoms with van der Waals surface area (Å²) in [7, 11) is -0.828. The highest BCUT2D eigenvalue weighted by Crippen LogP contribution is 2.27. The molecule has 1 aromatic carbocycles. The van der Waals surface area contributed by atoms with Gasteiger partial charge in [0.25, 0.3) is 0 Å². The number of amides is 1. The molecule has 0 aliphatic carbocycles. The summed E-state index contributed by atoms with van der Waals surface area (Å²) in [4.78, 5) is 14.2. The number of anilines is 1. The third kappa shape index (κ3) is 3.55. The Balaban J connectivity index is 1.85. The van der Waals surface area contributed by atoms with E-state index < -0.39 is 16.1 Å². The van der Waals surface area contributed by atoms with Gasteiger partial charge >= 0.3 is 0 Å². The first-order valence-corrected chi connectivity index (χ1v) is 9.85. The van der Waals surface area contributed by atoms with E-state index in [1.165, 1.54) is 24.1 Å². The van der Waals surface area contributed by atoms with Crippen molar-refractivity contribution in [3.63, 3.8) is 0 Å². The number of aromatic nitrogens is 2. The summed E-state index contributed by atoms with van der Waals surface area (Å²) in [6.45, 7) is 0.510. The first kappa shape index (κ1) is 18.7. The lowest BCUT2D eigenvalue weighted by atomic mass is 10.1. The fourth-order valence-electron chi connectivity index (χ4n) is 2.91. The molecule has 140 valence electrons. The Hall–Kier alpha value is -2.10. The SMILES string of the molecule is COc1ccc(Cl)c(S(=O)(=O)N[C@@H]2CCCN(c3ccnn3C)C2=O)c1. The lowest BCUT2D eigenvalue weighted by molar-refractivity contribution is -0.121. The number of nitrogens with zero attached hydrogens (tertiary/aromatic N) is 3. The Labute approximate surface area is 156 Å². The average molecular weight is 399 g/mol. The molecule has 8 nitrogen and oxygen atoms in total. The number of piperidine rings is 1. The summed E-state index contributed by atoms with van der Waals surface area (Å²) in [6, 6.07) is 5.19. The Morgan fingerprint density at radius 2 is 2.12 bits per heavy atom. The Morgan fingerprint density at radius 3 is 2.77 bits per heavy atom. The number of rotatable bonds is 5. The first-order chi connectivity index (χ1) is 12.3. The van der Waals surface area contributed by atoms with Gasteiger partial charge in [0.15, 0.2) is 0 Å². The molecule has 1 N–H and O–H groups in total. The molecule has 0 radical (unpaired) electrons. The van der Waals surface area contributed by atoms with E-state index in [-0.39, 0.29) is 15.8 Å². The maximum absolute atomic E-state index is 12.8. The highest BCUT2D eigenvalue weighted by atomic mass is 35.5. The number of aryl methyl sites for hydroxylation is 1. The summed E-state index contributed by atoms with van der Waals surface area (Å²) in [5.41, 5.74) is 0. The van der Waals surface area contributed by atoms with Crippen molar-refractivity contribution in [3.05, 3.63) is 35.5 Å². The zero-order chi connectivity index (χ0) is 18.9. The molecular formula is C16H19ClN4O4S. The van der Waals surface area contributed by atoms with Crippen LogP contribution in [-0.4, -0.2) is 43.8 Å². The third-order valence-corrected chi connectivity index (χ3v) is 6.19. The average Bonchev–Trinajstić information content (AvgIpc) is 3.03. The van der Waals surface area contributed by atoms with E-state index in [9.17, 15) is 13.2 Å². The van der Waals surface area contributed by atoms with Gasteiger partial charge in [0.05, 0.1) is 18.3 Å². The van der Waals surface area contributed by atoms with Crippen LogP contribution < -0.4 is 14.4 Å². The van der Waals surface area contributed by atoms with Crippen molar-refractivity contribution in [2.45, 2.75) is 23.8 Å². The van der Waals surface area contributed by atoms with Gasteiger partial charge in [-0.3, -0.25) is 14.4 Å². The van der Waals surface area contributed by atoms with Gasteiger partial charge in [-0.2, -0.15) is 9.82 Å². The van der Waals surface area contributed by atoms with Crippen LogP contribution in [0.2, 0.25) is 5.02 Å². The minimum Gasteiger partial charge on any atom is -0.497 e. The molecule has 1 fully saturated rings. The standard InChI is InChI=1S/C16H19ClN4O4S/c1-20-15(7-8-18-20)21-9-3-4-13(16(21)22)19-26(23,24)14-10-11(25-2)5-6-12(14)17/h5-8,10,13,19H,3-4,9H2,1-2H3/t13-/m1/s1.